The number of benzene rings is 1. The first-order valence-electron chi connectivity index (χ1n) is 6.95. The van der Waals surface area contributed by atoms with Crippen LogP contribution in [0.1, 0.15) is 37.0 Å². The third-order valence-electron chi connectivity index (χ3n) is 3.67. The van der Waals surface area contributed by atoms with Crippen LogP contribution >= 0.6 is 0 Å². The van der Waals surface area contributed by atoms with Crippen LogP contribution in [0.3, 0.4) is 0 Å². The van der Waals surface area contributed by atoms with E-state index in [-0.39, 0.29) is 11.7 Å². The Hall–Kier alpha value is -1.58. The number of anilines is 1. The predicted octanol–water partition coefficient (Wildman–Crippen LogP) is 3.13. The molecular formula is C15H21FN2O. The van der Waals surface area contributed by atoms with E-state index in [1.165, 1.54) is 6.07 Å². The molecule has 1 aromatic carbocycles. The molecule has 1 aliphatic rings. The highest BCUT2D eigenvalue weighted by Gasteiger charge is 2.24. The summed E-state index contributed by atoms with van der Waals surface area (Å²) in [5, 5.41) is 2.95. The van der Waals surface area contributed by atoms with Gasteiger partial charge < -0.3 is 10.2 Å². The smallest absolute Gasteiger partial charge is 0.256 e. The average Bonchev–Trinajstić information content (AvgIpc) is 2.41. The van der Waals surface area contributed by atoms with Crippen molar-refractivity contribution < 1.29 is 9.18 Å². The van der Waals surface area contributed by atoms with Crippen LogP contribution in [0.4, 0.5) is 10.1 Å². The number of nitrogens with zero attached hydrogens (tertiary/aromatic N) is 1. The van der Waals surface area contributed by atoms with Gasteiger partial charge in [-0.3, -0.25) is 4.79 Å². The summed E-state index contributed by atoms with van der Waals surface area (Å²) in [5.74, 6) is 0.241. The fourth-order valence-electron chi connectivity index (χ4n) is 2.44. The molecule has 104 valence electrons. The number of amides is 1. The van der Waals surface area contributed by atoms with E-state index in [1.54, 1.807) is 12.1 Å². The van der Waals surface area contributed by atoms with Crippen LogP contribution in [-0.4, -0.2) is 30.4 Å². The zero-order chi connectivity index (χ0) is 13.8. The quantitative estimate of drug-likeness (QED) is 0.909. The van der Waals surface area contributed by atoms with E-state index in [2.05, 4.69) is 12.2 Å². The normalized spacial score (nSPS) is 16.5. The molecule has 0 aromatic heterocycles. The number of carbonyl (C=O) groups excluding carboxylic acids is 1. The molecule has 0 aliphatic carbocycles. The van der Waals surface area contributed by atoms with Gasteiger partial charge in [-0.15, -0.1) is 0 Å². The maximum absolute atomic E-state index is 13.8. The van der Waals surface area contributed by atoms with E-state index in [1.807, 2.05) is 11.8 Å². The summed E-state index contributed by atoms with van der Waals surface area (Å²) < 4.78 is 13.8. The Labute approximate surface area is 113 Å². The minimum absolute atomic E-state index is 0.0673. The fourth-order valence-corrected chi connectivity index (χ4v) is 2.44. The second-order valence-corrected chi connectivity index (χ2v) is 5.17. The Morgan fingerprint density at radius 3 is 2.74 bits per heavy atom. The number of nitrogens with one attached hydrogen (secondary N) is 1. The van der Waals surface area contributed by atoms with Crippen molar-refractivity contribution in [1.82, 2.24) is 4.90 Å². The molecule has 3 nitrogen and oxygen atoms in total. The molecule has 0 atom stereocenters. The Morgan fingerprint density at radius 2 is 2.11 bits per heavy atom. The van der Waals surface area contributed by atoms with Gasteiger partial charge in [0.05, 0.1) is 11.3 Å². The van der Waals surface area contributed by atoms with Crippen LogP contribution < -0.4 is 5.32 Å². The summed E-state index contributed by atoms with van der Waals surface area (Å²) in [5.41, 5.74) is 0.769. The molecule has 0 unspecified atom stereocenters. The van der Waals surface area contributed by atoms with Crippen molar-refractivity contribution in [3.05, 3.63) is 29.6 Å². The molecule has 1 aromatic rings. The summed E-state index contributed by atoms with van der Waals surface area (Å²) >= 11 is 0. The highest BCUT2D eigenvalue weighted by atomic mass is 19.1. The van der Waals surface area contributed by atoms with Gasteiger partial charge in [0, 0.05) is 19.6 Å². The lowest BCUT2D eigenvalue weighted by atomic mass is 9.98. The van der Waals surface area contributed by atoms with Crippen molar-refractivity contribution in [3.8, 4) is 0 Å². The number of rotatable bonds is 3. The molecule has 1 aliphatic heterocycles. The van der Waals surface area contributed by atoms with Crippen LogP contribution in [0.15, 0.2) is 18.2 Å². The van der Waals surface area contributed by atoms with E-state index in [9.17, 15) is 9.18 Å². The standard InChI is InChI=1S/C15H21FN2O/c1-3-17-14-12(5-4-6-13(14)16)15(19)18-9-7-11(2)8-10-18/h4-6,11,17H,3,7-10H2,1-2H3. The summed E-state index contributed by atoms with van der Waals surface area (Å²) in [7, 11) is 0. The second-order valence-electron chi connectivity index (χ2n) is 5.17. The zero-order valence-corrected chi connectivity index (χ0v) is 11.6. The van der Waals surface area contributed by atoms with Gasteiger partial charge in [0.1, 0.15) is 5.82 Å². The lowest BCUT2D eigenvalue weighted by molar-refractivity contribution is 0.0698. The Bertz CT molecular complexity index is 453. The van der Waals surface area contributed by atoms with Crippen molar-refractivity contribution in [2.75, 3.05) is 25.0 Å². The molecule has 1 fully saturated rings. The number of hydrogen-bond donors (Lipinski definition) is 1. The average molecular weight is 264 g/mol. The molecule has 0 radical (unpaired) electrons. The summed E-state index contributed by atoms with van der Waals surface area (Å²) in [6.07, 6.45) is 2.05. The van der Waals surface area contributed by atoms with Crippen molar-refractivity contribution in [1.29, 1.82) is 0 Å². The lowest BCUT2D eigenvalue weighted by Gasteiger charge is -2.31. The molecule has 1 amide bonds. The minimum Gasteiger partial charge on any atom is -0.382 e. The molecule has 2 rings (SSSR count). The molecule has 1 heterocycles. The SMILES string of the molecule is CCNc1c(F)cccc1C(=O)N1CCC(C)CC1. The molecule has 0 bridgehead atoms. The van der Waals surface area contributed by atoms with Gasteiger partial charge in [0.25, 0.3) is 5.91 Å². The zero-order valence-electron chi connectivity index (χ0n) is 11.6. The first-order chi connectivity index (χ1) is 9.13. The maximum Gasteiger partial charge on any atom is 0.256 e. The van der Waals surface area contributed by atoms with Gasteiger partial charge in [0.2, 0.25) is 0 Å². The number of para-hydroxylation sites is 1. The van der Waals surface area contributed by atoms with Crippen molar-refractivity contribution in [2.45, 2.75) is 26.7 Å². The number of piperidine rings is 1. The Balaban J connectivity index is 2.21. The topological polar surface area (TPSA) is 32.3 Å². The van der Waals surface area contributed by atoms with Crippen molar-refractivity contribution in [2.24, 2.45) is 5.92 Å². The molecule has 1 N–H and O–H groups in total. The first kappa shape index (κ1) is 13.8. The highest BCUT2D eigenvalue weighted by molar-refractivity contribution is 5.99. The number of halogens is 1. The molecule has 0 spiro atoms. The van der Waals surface area contributed by atoms with E-state index >= 15 is 0 Å². The van der Waals surface area contributed by atoms with Crippen LogP contribution in [0.5, 0.6) is 0 Å². The van der Waals surface area contributed by atoms with Crippen LogP contribution in [0.2, 0.25) is 0 Å². The van der Waals surface area contributed by atoms with Gasteiger partial charge in [0.15, 0.2) is 0 Å². The Kier molecular flexibility index (Phi) is 4.40. The van der Waals surface area contributed by atoms with Crippen LogP contribution in [0, 0.1) is 11.7 Å². The van der Waals surface area contributed by atoms with Crippen LogP contribution in [-0.2, 0) is 0 Å². The largest absolute Gasteiger partial charge is 0.382 e. The third kappa shape index (κ3) is 3.06. The molecule has 4 heteroatoms. The van der Waals surface area contributed by atoms with Gasteiger partial charge in [-0.1, -0.05) is 13.0 Å². The summed E-state index contributed by atoms with van der Waals surface area (Å²) in [6, 6.07) is 4.67. The Morgan fingerprint density at radius 1 is 1.42 bits per heavy atom. The van der Waals surface area contributed by atoms with Gasteiger partial charge >= 0.3 is 0 Å². The van der Waals surface area contributed by atoms with Crippen molar-refractivity contribution >= 4 is 11.6 Å². The monoisotopic (exact) mass is 264 g/mol. The van der Waals surface area contributed by atoms with Gasteiger partial charge in [-0.05, 0) is 37.8 Å². The maximum atomic E-state index is 13.8. The molecule has 19 heavy (non-hydrogen) atoms. The van der Waals surface area contributed by atoms with Crippen molar-refractivity contribution in [3.63, 3.8) is 0 Å². The fraction of sp³-hybridized carbons (Fsp3) is 0.533. The molecule has 1 saturated heterocycles. The predicted molar refractivity (Wildman–Crippen MR) is 74.9 cm³/mol. The van der Waals surface area contributed by atoms with Gasteiger partial charge in [-0.2, -0.15) is 0 Å². The number of carbonyl (C=O) groups is 1. The lowest BCUT2D eigenvalue weighted by Crippen LogP contribution is -2.38. The molecule has 0 saturated carbocycles. The minimum atomic E-state index is -0.363. The van der Waals surface area contributed by atoms with Crippen LogP contribution in [0.25, 0.3) is 0 Å². The summed E-state index contributed by atoms with van der Waals surface area (Å²) in [4.78, 5) is 14.3. The van der Waals surface area contributed by atoms with E-state index in [0.29, 0.717) is 23.7 Å². The van der Waals surface area contributed by atoms with E-state index < -0.39 is 0 Å². The second kappa shape index (κ2) is 6.04. The van der Waals surface area contributed by atoms with E-state index in [4.69, 9.17) is 0 Å². The third-order valence-corrected chi connectivity index (χ3v) is 3.67. The number of likely N-dealkylation sites (tertiary alicyclic amines) is 1. The van der Waals surface area contributed by atoms with E-state index in [0.717, 1.165) is 25.9 Å². The summed E-state index contributed by atoms with van der Waals surface area (Å²) in [6.45, 7) is 6.22. The number of hydrogen-bond acceptors (Lipinski definition) is 2. The first-order valence-corrected chi connectivity index (χ1v) is 6.95. The van der Waals surface area contributed by atoms with Gasteiger partial charge in [-0.25, -0.2) is 4.39 Å². The highest BCUT2D eigenvalue weighted by Crippen LogP contribution is 2.24. The molecular weight excluding hydrogens is 243 g/mol.